The minimum absolute atomic E-state index is 0.127. The number of methoxy groups -OCH3 is 1. The molecule has 1 heterocycles. The van der Waals surface area contributed by atoms with E-state index in [0.717, 1.165) is 19.3 Å². The Labute approximate surface area is 189 Å². The summed E-state index contributed by atoms with van der Waals surface area (Å²) in [7, 11) is 1.42. The number of piperidine rings is 1. The smallest absolute Gasteiger partial charge is 0.243 e. The maximum Gasteiger partial charge on any atom is 0.243 e. The van der Waals surface area contributed by atoms with Gasteiger partial charge in [0.2, 0.25) is 15.9 Å². The average Bonchev–Trinajstić information content (AvgIpc) is 2.78. The minimum atomic E-state index is -3.62. The molecule has 0 spiro atoms. The fourth-order valence-corrected chi connectivity index (χ4v) is 5.30. The molecule has 9 heteroatoms. The van der Waals surface area contributed by atoms with Gasteiger partial charge in [-0.1, -0.05) is 12.5 Å². The minimum Gasteiger partial charge on any atom is -0.494 e. The van der Waals surface area contributed by atoms with E-state index in [2.05, 4.69) is 5.32 Å². The molecule has 0 bridgehead atoms. The summed E-state index contributed by atoms with van der Waals surface area (Å²) in [4.78, 5) is 14.6. The Balaban J connectivity index is 1.76. The highest BCUT2D eigenvalue weighted by atomic mass is 32.2. The predicted molar refractivity (Wildman–Crippen MR) is 123 cm³/mol. The largest absolute Gasteiger partial charge is 0.494 e. The van der Waals surface area contributed by atoms with Crippen molar-refractivity contribution in [3.63, 3.8) is 0 Å². The highest BCUT2D eigenvalue weighted by Crippen LogP contribution is 2.30. The number of hydrogen-bond donors (Lipinski definition) is 1. The summed E-state index contributed by atoms with van der Waals surface area (Å²) < 4.78 is 46.4. The zero-order valence-corrected chi connectivity index (χ0v) is 19.5. The number of rotatable bonds is 8. The SMILES string of the molecule is COc1ccc(CCC(=O)Nc2cc(S(=O)(=O)N3CCCCC3)ccc2N(C)C)cc1F. The summed E-state index contributed by atoms with van der Waals surface area (Å²) in [6.07, 6.45) is 3.21. The fourth-order valence-electron chi connectivity index (χ4n) is 3.76. The summed E-state index contributed by atoms with van der Waals surface area (Å²) in [6, 6.07) is 9.39. The molecule has 174 valence electrons. The van der Waals surface area contributed by atoms with E-state index >= 15 is 0 Å². The molecule has 2 aromatic carbocycles. The number of amides is 1. The molecule has 0 saturated carbocycles. The number of ether oxygens (including phenoxy) is 1. The predicted octanol–water partition coefficient (Wildman–Crippen LogP) is 3.65. The second-order valence-electron chi connectivity index (χ2n) is 8.06. The lowest BCUT2D eigenvalue weighted by molar-refractivity contribution is -0.116. The Kier molecular flexibility index (Phi) is 7.73. The standard InChI is InChI=1S/C23H30FN3O4S/c1-26(2)21-10-9-18(32(29,30)27-13-5-4-6-14-27)16-20(21)25-23(28)12-8-17-7-11-22(31-3)19(24)15-17/h7,9-11,15-16H,4-6,8,12-14H2,1-3H3,(H,25,28). The van der Waals surface area contributed by atoms with Gasteiger partial charge in [0.05, 0.1) is 23.4 Å². The van der Waals surface area contributed by atoms with Crippen LogP contribution in [-0.2, 0) is 21.2 Å². The highest BCUT2D eigenvalue weighted by Gasteiger charge is 2.27. The van der Waals surface area contributed by atoms with Crippen molar-refractivity contribution in [2.75, 3.05) is 44.5 Å². The Bertz CT molecular complexity index is 1070. The van der Waals surface area contributed by atoms with Crippen molar-refractivity contribution in [3.05, 3.63) is 47.8 Å². The molecular weight excluding hydrogens is 433 g/mol. The van der Waals surface area contributed by atoms with Crippen molar-refractivity contribution in [1.82, 2.24) is 4.31 Å². The van der Waals surface area contributed by atoms with Crippen LogP contribution < -0.4 is 15.0 Å². The topological polar surface area (TPSA) is 78.9 Å². The van der Waals surface area contributed by atoms with Gasteiger partial charge in [0, 0.05) is 33.6 Å². The molecule has 0 aliphatic carbocycles. The van der Waals surface area contributed by atoms with Crippen LogP contribution in [0.15, 0.2) is 41.3 Å². The molecule has 0 atom stereocenters. The summed E-state index contributed by atoms with van der Waals surface area (Å²) in [6.45, 7) is 1.02. The van der Waals surface area contributed by atoms with Gasteiger partial charge < -0.3 is 15.0 Å². The van der Waals surface area contributed by atoms with Crippen molar-refractivity contribution in [2.24, 2.45) is 0 Å². The van der Waals surface area contributed by atoms with E-state index in [1.807, 2.05) is 19.0 Å². The van der Waals surface area contributed by atoms with Crippen molar-refractivity contribution < 1.29 is 22.3 Å². The quantitative estimate of drug-likeness (QED) is 0.647. The van der Waals surface area contributed by atoms with Crippen LogP contribution in [0.4, 0.5) is 15.8 Å². The van der Waals surface area contributed by atoms with E-state index in [0.29, 0.717) is 36.4 Å². The van der Waals surface area contributed by atoms with E-state index < -0.39 is 15.8 Å². The molecular formula is C23H30FN3O4S. The summed E-state index contributed by atoms with van der Waals surface area (Å²) >= 11 is 0. The van der Waals surface area contributed by atoms with Crippen LogP contribution in [0, 0.1) is 5.82 Å². The van der Waals surface area contributed by atoms with Crippen LogP contribution in [0.3, 0.4) is 0 Å². The third-order valence-electron chi connectivity index (χ3n) is 5.53. The Morgan fingerprint density at radius 3 is 2.47 bits per heavy atom. The zero-order valence-electron chi connectivity index (χ0n) is 18.7. The van der Waals surface area contributed by atoms with E-state index in [-0.39, 0.29) is 23.0 Å². The lowest BCUT2D eigenvalue weighted by atomic mass is 10.1. The van der Waals surface area contributed by atoms with Gasteiger partial charge in [-0.15, -0.1) is 0 Å². The molecule has 1 aliphatic rings. The molecule has 2 aromatic rings. The number of sulfonamides is 1. The lowest BCUT2D eigenvalue weighted by Crippen LogP contribution is -2.35. The maximum absolute atomic E-state index is 13.9. The zero-order chi connectivity index (χ0) is 23.3. The molecule has 7 nitrogen and oxygen atoms in total. The van der Waals surface area contributed by atoms with Gasteiger partial charge >= 0.3 is 0 Å². The van der Waals surface area contributed by atoms with E-state index in [1.54, 1.807) is 18.2 Å². The molecule has 0 unspecified atom stereocenters. The van der Waals surface area contributed by atoms with Crippen molar-refractivity contribution in [3.8, 4) is 5.75 Å². The van der Waals surface area contributed by atoms with E-state index in [9.17, 15) is 17.6 Å². The number of benzene rings is 2. The molecule has 0 radical (unpaired) electrons. The van der Waals surface area contributed by atoms with Crippen LogP contribution in [0.5, 0.6) is 5.75 Å². The number of anilines is 2. The third kappa shape index (κ3) is 5.58. The van der Waals surface area contributed by atoms with Crippen molar-refractivity contribution in [1.29, 1.82) is 0 Å². The van der Waals surface area contributed by atoms with E-state index in [4.69, 9.17) is 4.74 Å². The van der Waals surface area contributed by atoms with Crippen LogP contribution in [0.2, 0.25) is 0 Å². The van der Waals surface area contributed by atoms with Crippen LogP contribution in [-0.4, -0.2) is 52.9 Å². The Hall–Kier alpha value is -2.65. The molecule has 1 fully saturated rings. The number of nitrogens with one attached hydrogen (secondary N) is 1. The molecule has 1 aliphatic heterocycles. The van der Waals surface area contributed by atoms with Gasteiger partial charge in [0.25, 0.3) is 0 Å². The fraction of sp³-hybridized carbons (Fsp3) is 0.435. The van der Waals surface area contributed by atoms with Crippen LogP contribution in [0.25, 0.3) is 0 Å². The average molecular weight is 464 g/mol. The molecule has 1 N–H and O–H groups in total. The van der Waals surface area contributed by atoms with Gasteiger partial charge in [-0.25, -0.2) is 12.8 Å². The molecule has 0 aromatic heterocycles. The molecule has 3 rings (SSSR count). The molecule has 1 saturated heterocycles. The summed E-state index contributed by atoms with van der Waals surface area (Å²) in [5.41, 5.74) is 1.80. The van der Waals surface area contributed by atoms with Crippen LogP contribution >= 0.6 is 0 Å². The first-order valence-corrected chi connectivity index (χ1v) is 12.1. The van der Waals surface area contributed by atoms with Gasteiger partial charge in [-0.05, 0) is 55.2 Å². The highest BCUT2D eigenvalue weighted by molar-refractivity contribution is 7.89. The normalized spacial score (nSPS) is 14.8. The number of aryl methyl sites for hydroxylation is 1. The van der Waals surface area contributed by atoms with Gasteiger partial charge in [0.1, 0.15) is 0 Å². The summed E-state index contributed by atoms with van der Waals surface area (Å²) in [5, 5.41) is 2.83. The van der Waals surface area contributed by atoms with Gasteiger partial charge in [0.15, 0.2) is 11.6 Å². The molecule has 32 heavy (non-hydrogen) atoms. The number of halogens is 1. The number of carbonyl (C=O) groups is 1. The Morgan fingerprint density at radius 2 is 1.84 bits per heavy atom. The van der Waals surface area contributed by atoms with Crippen LogP contribution in [0.1, 0.15) is 31.2 Å². The van der Waals surface area contributed by atoms with E-state index in [1.165, 1.54) is 29.6 Å². The van der Waals surface area contributed by atoms with Gasteiger partial charge in [-0.2, -0.15) is 4.31 Å². The maximum atomic E-state index is 13.9. The number of nitrogens with zero attached hydrogens (tertiary/aromatic N) is 2. The van der Waals surface area contributed by atoms with Gasteiger partial charge in [-0.3, -0.25) is 4.79 Å². The second-order valence-corrected chi connectivity index (χ2v) is 9.99. The first-order valence-electron chi connectivity index (χ1n) is 10.7. The third-order valence-corrected chi connectivity index (χ3v) is 7.43. The number of hydrogen-bond acceptors (Lipinski definition) is 5. The molecule has 1 amide bonds. The van der Waals surface area contributed by atoms with Crippen molar-refractivity contribution >= 4 is 27.3 Å². The monoisotopic (exact) mass is 463 g/mol. The summed E-state index contributed by atoms with van der Waals surface area (Å²) in [5.74, 6) is -0.603. The first-order chi connectivity index (χ1) is 15.2. The Morgan fingerprint density at radius 1 is 1.12 bits per heavy atom. The first kappa shape index (κ1) is 24.0. The van der Waals surface area contributed by atoms with Crippen molar-refractivity contribution in [2.45, 2.75) is 37.0 Å². The number of carbonyl (C=O) groups excluding carboxylic acids is 1. The lowest BCUT2D eigenvalue weighted by Gasteiger charge is -2.26. The second kappa shape index (κ2) is 10.3.